The van der Waals surface area contributed by atoms with Crippen molar-refractivity contribution in [3.05, 3.63) is 0 Å². The molecule has 98 valence electrons. The number of fused-ring (bicyclic) bond motifs is 1. The maximum absolute atomic E-state index is 9.97. The summed E-state index contributed by atoms with van der Waals surface area (Å²) in [6.07, 6.45) is 3.40. The van der Waals surface area contributed by atoms with Crippen LogP contribution in [0.15, 0.2) is 0 Å². The van der Waals surface area contributed by atoms with Gasteiger partial charge in [-0.2, -0.15) is 0 Å². The summed E-state index contributed by atoms with van der Waals surface area (Å²) in [6.45, 7) is 7.37. The predicted molar refractivity (Wildman–Crippen MR) is 66.0 cm³/mol. The van der Waals surface area contributed by atoms with Gasteiger partial charge in [0.15, 0.2) is 0 Å². The van der Waals surface area contributed by atoms with Crippen molar-refractivity contribution in [2.75, 3.05) is 45.9 Å². The first-order valence-corrected chi connectivity index (χ1v) is 7.05. The Morgan fingerprint density at radius 3 is 3.00 bits per heavy atom. The first-order valence-electron chi connectivity index (χ1n) is 7.05. The number of ether oxygens (including phenoxy) is 1. The van der Waals surface area contributed by atoms with E-state index >= 15 is 0 Å². The van der Waals surface area contributed by atoms with Crippen LogP contribution >= 0.6 is 0 Å². The van der Waals surface area contributed by atoms with E-state index in [9.17, 15) is 5.11 Å². The Balaban J connectivity index is 1.51. The lowest BCUT2D eigenvalue weighted by Gasteiger charge is -2.40. The fourth-order valence-electron chi connectivity index (χ4n) is 3.51. The molecule has 4 nitrogen and oxygen atoms in total. The smallest absolute Gasteiger partial charge is 0.0624 e. The van der Waals surface area contributed by atoms with Gasteiger partial charge in [0.1, 0.15) is 0 Å². The molecule has 0 bridgehead atoms. The standard InChI is InChI=1S/C13H24N2O2/c16-13-3-7-17-10-11(13)8-14-5-6-15-4-1-2-12(15)9-14/h11-13,16H,1-10H2. The van der Waals surface area contributed by atoms with Crippen LogP contribution < -0.4 is 0 Å². The topological polar surface area (TPSA) is 35.9 Å². The summed E-state index contributed by atoms with van der Waals surface area (Å²) >= 11 is 0. The molecule has 4 heteroatoms. The van der Waals surface area contributed by atoms with Crippen molar-refractivity contribution in [2.24, 2.45) is 5.92 Å². The van der Waals surface area contributed by atoms with E-state index in [1.165, 1.54) is 39.0 Å². The van der Waals surface area contributed by atoms with Gasteiger partial charge >= 0.3 is 0 Å². The van der Waals surface area contributed by atoms with E-state index in [1.54, 1.807) is 0 Å². The molecule has 3 heterocycles. The summed E-state index contributed by atoms with van der Waals surface area (Å²) in [5.74, 6) is 0.330. The van der Waals surface area contributed by atoms with Crippen molar-refractivity contribution in [3.8, 4) is 0 Å². The Morgan fingerprint density at radius 1 is 1.18 bits per heavy atom. The summed E-state index contributed by atoms with van der Waals surface area (Å²) in [6, 6.07) is 0.783. The molecular weight excluding hydrogens is 216 g/mol. The fourth-order valence-corrected chi connectivity index (χ4v) is 3.51. The number of hydrogen-bond donors (Lipinski definition) is 1. The first-order chi connectivity index (χ1) is 8.33. The van der Waals surface area contributed by atoms with E-state index in [1.807, 2.05) is 0 Å². The first kappa shape index (κ1) is 11.9. The van der Waals surface area contributed by atoms with Gasteiger partial charge in [0.05, 0.1) is 12.7 Å². The zero-order valence-electron chi connectivity index (χ0n) is 10.6. The maximum Gasteiger partial charge on any atom is 0.0624 e. The van der Waals surface area contributed by atoms with Crippen molar-refractivity contribution in [1.82, 2.24) is 9.80 Å². The normalized spacial score (nSPS) is 40.4. The van der Waals surface area contributed by atoms with Gasteiger partial charge in [0.2, 0.25) is 0 Å². The van der Waals surface area contributed by atoms with Gasteiger partial charge in [-0.05, 0) is 25.8 Å². The van der Waals surface area contributed by atoms with Crippen LogP contribution in [0.5, 0.6) is 0 Å². The third kappa shape index (κ3) is 2.65. The van der Waals surface area contributed by atoms with Gasteiger partial charge in [0, 0.05) is 44.7 Å². The summed E-state index contributed by atoms with van der Waals surface area (Å²) in [5, 5.41) is 9.97. The van der Waals surface area contributed by atoms with Crippen LogP contribution in [0.1, 0.15) is 19.3 Å². The van der Waals surface area contributed by atoms with Crippen LogP contribution in [0.25, 0.3) is 0 Å². The highest BCUT2D eigenvalue weighted by Gasteiger charge is 2.33. The highest BCUT2D eigenvalue weighted by molar-refractivity contribution is 4.88. The molecule has 3 aliphatic rings. The van der Waals surface area contributed by atoms with Crippen LogP contribution in [-0.4, -0.2) is 73.0 Å². The number of hydrogen-bond acceptors (Lipinski definition) is 4. The SMILES string of the molecule is OC1CCOCC1CN1CCN2CCCC2C1. The van der Waals surface area contributed by atoms with Gasteiger partial charge in [-0.3, -0.25) is 4.90 Å². The van der Waals surface area contributed by atoms with E-state index in [2.05, 4.69) is 9.80 Å². The fraction of sp³-hybridized carbons (Fsp3) is 1.00. The average Bonchev–Trinajstić information content (AvgIpc) is 2.79. The second kappa shape index (κ2) is 5.22. The van der Waals surface area contributed by atoms with Gasteiger partial charge in [-0.25, -0.2) is 0 Å². The number of aliphatic hydroxyl groups excluding tert-OH is 1. The molecule has 3 rings (SSSR count). The lowest BCUT2D eigenvalue weighted by atomic mass is 9.97. The largest absolute Gasteiger partial charge is 0.393 e. The minimum absolute atomic E-state index is 0.148. The summed E-state index contributed by atoms with van der Waals surface area (Å²) in [7, 11) is 0. The zero-order valence-corrected chi connectivity index (χ0v) is 10.6. The Labute approximate surface area is 104 Å². The number of rotatable bonds is 2. The molecular formula is C13H24N2O2. The number of nitrogens with zero attached hydrogens (tertiary/aromatic N) is 2. The summed E-state index contributed by atoms with van der Waals surface area (Å²) in [5.41, 5.74) is 0. The second-order valence-electron chi connectivity index (χ2n) is 5.78. The van der Waals surface area contributed by atoms with Crippen molar-refractivity contribution >= 4 is 0 Å². The molecule has 0 amide bonds. The Morgan fingerprint density at radius 2 is 2.12 bits per heavy atom. The molecule has 17 heavy (non-hydrogen) atoms. The quantitative estimate of drug-likeness (QED) is 0.746. The summed E-state index contributed by atoms with van der Waals surface area (Å²) in [4.78, 5) is 5.17. The molecule has 3 unspecified atom stereocenters. The van der Waals surface area contributed by atoms with E-state index < -0.39 is 0 Å². The van der Waals surface area contributed by atoms with Crippen LogP contribution in [0.2, 0.25) is 0 Å². The van der Waals surface area contributed by atoms with Crippen LogP contribution in [-0.2, 0) is 4.74 Å². The molecule has 1 N–H and O–H groups in total. The van der Waals surface area contributed by atoms with Crippen molar-refractivity contribution in [3.63, 3.8) is 0 Å². The molecule has 3 fully saturated rings. The summed E-state index contributed by atoms with van der Waals surface area (Å²) < 4.78 is 5.48. The van der Waals surface area contributed by atoms with Gasteiger partial charge in [-0.1, -0.05) is 0 Å². The average molecular weight is 240 g/mol. The molecule has 0 saturated carbocycles. The lowest BCUT2D eigenvalue weighted by Crippen LogP contribution is -2.52. The monoisotopic (exact) mass is 240 g/mol. The number of aliphatic hydroxyl groups is 1. The molecule has 0 aromatic heterocycles. The molecule has 3 atom stereocenters. The lowest BCUT2D eigenvalue weighted by molar-refractivity contribution is -0.0521. The minimum atomic E-state index is -0.148. The molecule has 0 aromatic rings. The highest BCUT2D eigenvalue weighted by Crippen LogP contribution is 2.23. The van der Waals surface area contributed by atoms with E-state index in [-0.39, 0.29) is 6.10 Å². The maximum atomic E-state index is 9.97. The van der Waals surface area contributed by atoms with Crippen LogP contribution in [0, 0.1) is 5.92 Å². The highest BCUT2D eigenvalue weighted by atomic mass is 16.5. The van der Waals surface area contributed by atoms with Gasteiger partial charge in [-0.15, -0.1) is 0 Å². The molecule has 0 aromatic carbocycles. The Bertz CT molecular complexity index is 262. The third-order valence-corrected chi connectivity index (χ3v) is 4.60. The van der Waals surface area contributed by atoms with E-state index in [0.29, 0.717) is 5.92 Å². The van der Waals surface area contributed by atoms with Gasteiger partial charge < -0.3 is 14.7 Å². The molecule has 0 aliphatic carbocycles. The Hall–Kier alpha value is -0.160. The molecule has 3 saturated heterocycles. The molecule has 0 radical (unpaired) electrons. The van der Waals surface area contributed by atoms with Crippen LogP contribution in [0.3, 0.4) is 0 Å². The van der Waals surface area contributed by atoms with Crippen molar-refractivity contribution < 1.29 is 9.84 Å². The Kier molecular flexibility index (Phi) is 3.66. The van der Waals surface area contributed by atoms with E-state index in [0.717, 1.165) is 32.2 Å². The van der Waals surface area contributed by atoms with Crippen LogP contribution in [0.4, 0.5) is 0 Å². The molecule has 0 spiro atoms. The zero-order chi connectivity index (χ0) is 11.7. The van der Waals surface area contributed by atoms with Gasteiger partial charge in [0.25, 0.3) is 0 Å². The number of piperazine rings is 1. The van der Waals surface area contributed by atoms with E-state index in [4.69, 9.17) is 4.74 Å². The van der Waals surface area contributed by atoms with Crippen molar-refractivity contribution in [2.45, 2.75) is 31.4 Å². The second-order valence-corrected chi connectivity index (χ2v) is 5.78. The molecule has 3 aliphatic heterocycles. The third-order valence-electron chi connectivity index (χ3n) is 4.60. The van der Waals surface area contributed by atoms with Crippen molar-refractivity contribution in [1.29, 1.82) is 0 Å². The predicted octanol–water partition coefficient (Wildman–Crippen LogP) is 0.164. The minimum Gasteiger partial charge on any atom is -0.393 e.